The molecule has 0 saturated carbocycles. The highest BCUT2D eigenvalue weighted by Crippen LogP contribution is 2.12. The van der Waals surface area contributed by atoms with E-state index in [0.717, 1.165) is 10.0 Å². The average Bonchev–Trinajstić information content (AvgIpc) is 2.04. The van der Waals surface area contributed by atoms with Crippen molar-refractivity contribution >= 4 is 22.2 Å². The lowest BCUT2D eigenvalue weighted by atomic mass is 10.1. The third kappa shape index (κ3) is 2.75. The normalized spacial score (nSPS) is 12.5. The molecule has 1 aromatic carbocycles. The molecule has 0 aliphatic carbocycles. The average molecular weight is 227 g/mol. The third-order valence-electron chi connectivity index (χ3n) is 1.50. The Balaban J connectivity index is 2.69. The number of halogens is 1. The molecule has 0 aliphatic heterocycles. The molecule has 2 nitrogen and oxygen atoms in total. The topological polar surface area (TPSA) is 43.1 Å². The first kappa shape index (κ1) is 9.42. The smallest absolute Gasteiger partial charge is 0.217 e. The Morgan fingerprint density at radius 2 is 2.33 bits per heavy atom. The zero-order chi connectivity index (χ0) is 8.97. The predicted molar refractivity (Wildman–Crippen MR) is 51.5 cm³/mol. The zero-order valence-corrected chi connectivity index (χ0v) is 8.04. The van der Waals surface area contributed by atoms with Crippen LogP contribution in [-0.2, 0) is 11.2 Å². The van der Waals surface area contributed by atoms with Crippen LogP contribution in [0, 0.1) is 0 Å². The van der Waals surface area contributed by atoms with Crippen molar-refractivity contribution < 1.29 is 4.79 Å². The first-order valence-corrected chi connectivity index (χ1v) is 4.39. The summed E-state index contributed by atoms with van der Waals surface area (Å²) in [4.78, 5) is 10.1. The molecular weight excluding hydrogens is 218 g/mol. The van der Waals surface area contributed by atoms with Gasteiger partial charge in [-0.15, -0.1) is 0 Å². The second-order valence-corrected chi connectivity index (χ2v) is 3.47. The molecule has 12 heavy (non-hydrogen) atoms. The van der Waals surface area contributed by atoms with E-state index in [2.05, 4.69) is 15.9 Å². The predicted octanol–water partition coefficient (Wildman–Crippen LogP) is 1.43. The number of carbonyl (C=O) groups excluding carboxylic acids is 1. The molecule has 2 N–H and O–H groups in total. The molecule has 63 valence electrons. The highest BCUT2D eigenvalue weighted by atomic mass is 79.9. The summed E-state index contributed by atoms with van der Waals surface area (Å²) < 4.78 is 0.998. The minimum absolute atomic E-state index is 0.515. The standard InChI is InChI=1S/C9H9BrNO/c10-8-3-1-2-7(4-8)5-9(11)6-12/h1-4,9H,5,11H2/t9-/m1/s1. The summed E-state index contributed by atoms with van der Waals surface area (Å²) in [6.07, 6.45) is 2.29. The lowest BCUT2D eigenvalue weighted by Crippen LogP contribution is -2.23. The maximum Gasteiger partial charge on any atom is 0.217 e. The Labute approximate surface area is 79.9 Å². The second-order valence-electron chi connectivity index (χ2n) is 2.56. The van der Waals surface area contributed by atoms with Crippen molar-refractivity contribution in [2.24, 2.45) is 5.73 Å². The van der Waals surface area contributed by atoms with Gasteiger partial charge in [0.25, 0.3) is 0 Å². The molecule has 0 amide bonds. The van der Waals surface area contributed by atoms with Crippen LogP contribution >= 0.6 is 15.9 Å². The lowest BCUT2D eigenvalue weighted by molar-refractivity contribution is 0.541. The van der Waals surface area contributed by atoms with Gasteiger partial charge in [0.1, 0.15) is 0 Å². The first-order chi connectivity index (χ1) is 5.72. The van der Waals surface area contributed by atoms with Crippen molar-refractivity contribution in [1.29, 1.82) is 0 Å². The van der Waals surface area contributed by atoms with Crippen LogP contribution in [0.4, 0.5) is 0 Å². The number of nitrogens with two attached hydrogens (primary N) is 1. The van der Waals surface area contributed by atoms with Gasteiger partial charge >= 0.3 is 0 Å². The van der Waals surface area contributed by atoms with Crippen molar-refractivity contribution in [2.45, 2.75) is 12.5 Å². The van der Waals surface area contributed by atoms with Crippen LogP contribution in [0.2, 0.25) is 0 Å². The Morgan fingerprint density at radius 1 is 1.58 bits per heavy atom. The Bertz CT molecular complexity index is 275. The van der Waals surface area contributed by atoms with Crippen LogP contribution in [0.15, 0.2) is 28.7 Å². The van der Waals surface area contributed by atoms with Crippen LogP contribution in [-0.4, -0.2) is 12.3 Å². The Hall–Kier alpha value is -0.670. The number of hydrogen-bond acceptors (Lipinski definition) is 2. The molecule has 3 heteroatoms. The molecule has 0 bridgehead atoms. The van der Waals surface area contributed by atoms with Crippen LogP contribution in [0.25, 0.3) is 0 Å². The summed E-state index contributed by atoms with van der Waals surface area (Å²) in [6.45, 7) is 0. The molecule has 1 atom stereocenters. The van der Waals surface area contributed by atoms with E-state index in [0.29, 0.717) is 6.42 Å². The van der Waals surface area contributed by atoms with Gasteiger partial charge in [0, 0.05) is 4.47 Å². The Kier molecular flexibility index (Phi) is 3.44. The fourth-order valence-electron chi connectivity index (χ4n) is 0.960. The van der Waals surface area contributed by atoms with Crippen molar-refractivity contribution in [1.82, 2.24) is 0 Å². The minimum Gasteiger partial charge on any atom is -0.321 e. The monoisotopic (exact) mass is 226 g/mol. The van der Waals surface area contributed by atoms with Crippen LogP contribution in [0.1, 0.15) is 5.56 Å². The van der Waals surface area contributed by atoms with Gasteiger partial charge in [-0.3, -0.25) is 4.79 Å². The van der Waals surface area contributed by atoms with E-state index >= 15 is 0 Å². The third-order valence-corrected chi connectivity index (χ3v) is 1.99. The van der Waals surface area contributed by atoms with E-state index in [1.807, 2.05) is 24.3 Å². The molecule has 1 rings (SSSR count). The van der Waals surface area contributed by atoms with Gasteiger partial charge in [0.15, 0.2) is 0 Å². The molecular formula is C9H9BrNO. The van der Waals surface area contributed by atoms with E-state index in [9.17, 15) is 4.79 Å². The summed E-state index contributed by atoms with van der Waals surface area (Å²) in [5.41, 5.74) is 6.46. The maximum atomic E-state index is 10.1. The van der Waals surface area contributed by atoms with Gasteiger partial charge in [-0.1, -0.05) is 28.1 Å². The number of rotatable bonds is 3. The summed E-state index contributed by atoms with van der Waals surface area (Å²) in [5, 5.41) is 0. The summed E-state index contributed by atoms with van der Waals surface area (Å²) >= 11 is 3.33. The Morgan fingerprint density at radius 3 is 2.92 bits per heavy atom. The van der Waals surface area contributed by atoms with Gasteiger partial charge in [0.05, 0.1) is 6.04 Å². The van der Waals surface area contributed by atoms with E-state index in [1.54, 1.807) is 6.29 Å². The number of benzene rings is 1. The van der Waals surface area contributed by atoms with Crippen LogP contribution < -0.4 is 5.73 Å². The fourth-order valence-corrected chi connectivity index (χ4v) is 1.41. The zero-order valence-electron chi connectivity index (χ0n) is 6.46. The largest absolute Gasteiger partial charge is 0.321 e. The highest BCUT2D eigenvalue weighted by Gasteiger charge is 2.02. The van der Waals surface area contributed by atoms with E-state index in [-0.39, 0.29) is 0 Å². The molecule has 0 heterocycles. The number of hydrogen-bond donors (Lipinski definition) is 1. The van der Waals surface area contributed by atoms with Gasteiger partial charge in [-0.2, -0.15) is 0 Å². The molecule has 0 saturated heterocycles. The molecule has 0 aliphatic rings. The van der Waals surface area contributed by atoms with Gasteiger partial charge in [-0.05, 0) is 24.1 Å². The van der Waals surface area contributed by atoms with E-state index in [4.69, 9.17) is 5.73 Å². The lowest BCUT2D eigenvalue weighted by Gasteiger charge is -2.02. The highest BCUT2D eigenvalue weighted by molar-refractivity contribution is 9.10. The SMILES string of the molecule is N[C@@H]([C]=O)Cc1cccc(Br)c1. The van der Waals surface area contributed by atoms with Crippen molar-refractivity contribution in [3.05, 3.63) is 34.3 Å². The minimum atomic E-state index is -0.515. The summed E-state index contributed by atoms with van der Waals surface area (Å²) in [7, 11) is 0. The summed E-state index contributed by atoms with van der Waals surface area (Å²) in [6, 6.07) is 7.20. The van der Waals surface area contributed by atoms with E-state index < -0.39 is 6.04 Å². The van der Waals surface area contributed by atoms with Crippen LogP contribution in [0.3, 0.4) is 0 Å². The van der Waals surface area contributed by atoms with E-state index in [1.165, 1.54) is 0 Å². The molecule has 0 spiro atoms. The molecule has 0 aromatic heterocycles. The molecule has 0 unspecified atom stereocenters. The second kappa shape index (κ2) is 4.38. The van der Waals surface area contributed by atoms with Crippen LogP contribution in [0.5, 0.6) is 0 Å². The quantitative estimate of drug-likeness (QED) is 0.848. The summed E-state index contributed by atoms with van der Waals surface area (Å²) in [5.74, 6) is 0. The van der Waals surface area contributed by atoms with Crippen molar-refractivity contribution in [3.8, 4) is 0 Å². The molecule has 1 radical (unpaired) electrons. The van der Waals surface area contributed by atoms with Gasteiger partial charge < -0.3 is 5.73 Å². The van der Waals surface area contributed by atoms with Crippen molar-refractivity contribution in [3.63, 3.8) is 0 Å². The molecule has 1 aromatic rings. The first-order valence-electron chi connectivity index (χ1n) is 3.60. The maximum absolute atomic E-state index is 10.1. The molecule has 0 fully saturated rings. The van der Waals surface area contributed by atoms with Gasteiger partial charge in [-0.25, -0.2) is 0 Å². The van der Waals surface area contributed by atoms with Gasteiger partial charge in [0.2, 0.25) is 6.29 Å². The fraction of sp³-hybridized carbons (Fsp3) is 0.222. The van der Waals surface area contributed by atoms with Crippen molar-refractivity contribution in [2.75, 3.05) is 0 Å².